The summed E-state index contributed by atoms with van der Waals surface area (Å²) >= 11 is 1.27. The molecule has 23 heavy (non-hydrogen) atoms. The molecule has 0 aliphatic carbocycles. The maximum atomic E-state index is 12.5. The molecule has 0 saturated carbocycles. The molecule has 0 spiro atoms. The van der Waals surface area contributed by atoms with Gasteiger partial charge in [-0.2, -0.15) is 0 Å². The third-order valence-electron chi connectivity index (χ3n) is 3.63. The lowest BCUT2D eigenvalue weighted by Gasteiger charge is -2.17. The first-order chi connectivity index (χ1) is 11.1. The first-order valence-electron chi connectivity index (χ1n) is 6.96. The van der Waals surface area contributed by atoms with Gasteiger partial charge in [0, 0.05) is 23.2 Å². The van der Waals surface area contributed by atoms with E-state index in [4.69, 9.17) is 5.73 Å². The van der Waals surface area contributed by atoms with Crippen LogP contribution >= 0.6 is 11.3 Å². The third kappa shape index (κ3) is 3.07. The van der Waals surface area contributed by atoms with Gasteiger partial charge in [0.05, 0.1) is 12.1 Å². The van der Waals surface area contributed by atoms with Crippen molar-refractivity contribution in [1.82, 2.24) is 4.98 Å². The van der Waals surface area contributed by atoms with Crippen LogP contribution in [0.25, 0.3) is 0 Å². The zero-order chi connectivity index (χ0) is 16.4. The van der Waals surface area contributed by atoms with E-state index >= 15 is 0 Å². The smallest absolute Gasteiger partial charge is 0.248 e. The van der Waals surface area contributed by atoms with Gasteiger partial charge in [-0.3, -0.25) is 14.4 Å². The summed E-state index contributed by atoms with van der Waals surface area (Å²) in [6.45, 7) is 0.569. The molecule has 7 nitrogen and oxygen atoms in total. The molecule has 1 aliphatic heterocycles. The zero-order valence-electron chi connectivity index (χ0n) is 12.1. The summed E-state index contributed by atoms with van der Waals surface area (Å²) in [5.41, 5.74) is 8.03. The Balaban J connectivity index is 1.78. The fourth-order valence-electron chi connectivity index (χ4n) is 2.55. The van der Waals surface area contributed by atoms with E-state index < -0.39 is 5.91 Å². The highest BCUT2D eigenvalue weighted by atomic mass is 32.1. The Kier molecular flexibility index (Phi) is 4.07. The Hall–Kier alpha value is -2.74. The zero-order valence-corrected chi connectivity index (χ0v) is 12.9. The highest BCUT2D eigenvalue weighted by Gasteiger charge is 2.26. The van der Waals surface area contributed by atoms with E-state index in [0.717, 1.165) is 17.7 Å². The highest BCUT2D eigenvalue weighted by molar-refractivity contribution is 7.13. The number of anilines is 2. The van der Waals surface area contributed by atoms with Crippen molar-refractivity contribution in [2.75, 3.05) is 16.8 Å². The van der Waals surface area contributed by atoms with Crippen LogP contribution in [0.4, 0.5) is 10.8 Å². The predicted molar refractivity (Wildman–Crippen MR) is 86.5 cm³/mol. The minimum Gasteiger partial charge on any atom is -0.366 e. The average molecular weight is 330 g/mol. The summed E-state index contributed by atoms with van der Waals surface area (Å²) in [5.74, 6) is -0.621. The standard InChI is InChI=1S/C15H14N4O3S/c16-14(22)10-2-1-9-3-4-19(12(9)5-10)13(21)6-11-7-23-15(18-11)17-8-20/h1-2,5,7-8H,3-4,6H2,(H2,16,22)(H,17,18,20). The average Bonchev–Trinajstić information content (AvgIpc) is 3.13. The maximum Gasteiger partial charge on any atom is 0.248 e. The second kappa shape index (κ2) is 6.17. The molecular formula is C15H14N4O3S. The SMILES string of the molecule is NC(=O)c1ccc2c(c1)N(C(=O)Cc1csc(NC=O)n1)CC2. The molecule has 3 rings (SSSR count). The molecule has 0 atom stereocenters. The summed E-state index contributed by atoms with van der Waals surface area (Å²) in [6.07, 6.45) is 1.43. The first kappa shape index (κ1) is 15.2. The normalized spacial score (nSPS) is 12.8. The van der Waals surface area contributed by atoms with E-state index in [0.29, 0.717) is 29.3 Å². The van der Waals surface area contributed by atoms with Crippen molar-refractivity contribution in [3.05, 3.63) is 40.4 Å². The number of carbonyl (C=O) groups is 3. The molecule has 3 amide bonds. The van der Waals surface area contributed by atoms with Crippen molar-refractivity contribution in [2.45, 2.75) is 12.8 Å². The lowest BCUT2D eigenvalue weighted by molar-refractivity contribution is -0.118. The summed E-state index contributed by atoms with van der Waals surface area (Å²) in [5, 5.41) is 4.65. The van der Waals surface area contributed by atoms with Gasteiger partial charge in [-0.1, -0.05) is 6.07 Å². The monoisotopic (exact) mass is 330 g/mol. The molecule has 2 aromatic rings. The lowest BCUT2D eigenvalue weighted by Crippen LogP contribution is -2.30. The highest BCUT2D eigenvalue weighted by Crippen LogP contribution is 2.29. The minimum absolute atomic E-state index is 0.103. The number of carbonyl (C=O) groups excluding carboxylic acids is 3. The second-order valence-corrected chi connectivity index (χ2v) is 5.94. The van der Waals surface area contributed by atoms with Gasteiger partial charge >= 0.3 is 0 Å². The van der Waals surface area contributed by atoms with Gasteiger partial charge in [-0.05, 0) is 24.1 Å². The van der Waals surface area contributed by atoms with E-state index in [1.165, 1.54) is 11.3 Å². The Morgan fingerprint density at radius 3 is 3.00 bits per heavy atom. The van der Waals surface area contributed by atoms with E-state index in [1.807, 2.05) is 6.07 Å². The molecule has 3 N–H and O–H groups in total. The number of amides is 3. The van der Waals surface area contributed by atoms with Gasteiger partial charge in [-0.25, -0.2) is 4.98 Å². The van der Waals surface area contributed by atoms with E-state index in [1.54, 1.807) is 22.4 Å². The quantitative estimate of drug-likeness (QED) is 0.796. The second-order valence-electron chi connectivity index (χ2n) is 5.09. The number of aromatic nitrogens is 1. The number of primary amides is 1. The first-order valence-corrected chi connectivity index (χ1v) is 7.84. The molecule has 1 aliphatic rings. The molecule has 8 heteroatoms. The lowest BCUT2D eigenvalue weighted by atomic mass is 10.1. The summed E-state index contributed by atoms with van der Waals surface area (Å²) in [6, 6.07) is 5.16. The number of thiazole rings is 1. The van der Waals surface area contributed by atoms with Crippen LogP contribution in [0.5, 0.6) is 0 Å². The molecular weight excluding hydrogens is 316 g/mol. The number of nitrogens with one attached hydrogen (secondary N) is 1. The number of hydrogen-bond donors (Lipinski definition) is 2. The molecule has 2 heterocycles. The number of rotatable bonds is 5. The fraction of sp³-hybridized carbons (Fsp3) is 0.200. The van der Waals surface area contributed by atoms with Gasteiger partial charge in [0.2, 0.25) is 18.2 Å². The minimum atomic E-state index is -0.517. The molecule has 0 bridgehead atoms. The predicted octanol–water partition coefficient (Wildman–Crippen LogP) is 0.942. The fourth-order valence-corrected chi connectivity index (χ4v) is 3.22. The molecule has 118 valence electrons. The van der Waals surface area contributed by atoms with Gasteiger partial charge < -0.3 is 16.0 Å². The van der Waals surface area contributed by atoms with Crippen molar-refractivity contribution < 1.29 is 14.4 Å². The number of nitrogens with two attached hydrogens (primary N) is 1. The summed E-state index contributed by atoms with van der Waals surface area (Å²) in [4.78, 5) is 40.0. The number of hydrogen-bond acceptors (Lipinski definition) is 5. The van der Waals surface area contributed by atoms with Crippen LogP contribution in [0.3, 0.4) is 0 Å². The van der Waals surface area contributed by atoms with Gasteiger partial charge in [0.15, 0.2) is 5.13 Å². The van der Waals surface area contributed by atoms with Crippen LogP contribution in [-0.2, 0) is 22.4 Å². The topological polar surface area (TPSA) is 105 Å². The van der Waals surface area contributed by atoms with Crippen LogP contribution in [0.1, 0.15) is 21.6 Å². The van der Waals surface area contributed by atoms with Gasteiger partial charge in [-0.15, -0.1) is 11.3 Å². The van der Waals surface area contributed by atoms with Gasteiger partial charge in [0.1, 0.15) is 0 Å². The summed E-state index contributed by atoms with van der Waals surface area (Å²) < 4.78 is 0. The number of fused-ring (bicyclic) bond motifs is 1. The molecule has 0 saturated heterocycles. The largest absolute Gasteiger partial charge is 0.366 e. The van der Waals surface area contributed by atoms with Crippen molar-refractivity contribution >= 4 is 40.4 Å². The Labute approximate surface area is 136 Å². The number of nitrogens with zero attached hydrogens (tertiary/aromatic N) is 2. The molecule has 0 fully saturated rings. The Morgan fingerprint density at radius 2 is 2.26 bits per heavy atom. The molecule has 0 unspecified atom stereocenters. The molecule has 1 aromatic carbocycles. The van der Waals surface area contributed by atoms with Crippen LogP contribution < -0.4 is 16.0 Å². The van der Waals surface area contributed by atoms with Crippen molar-refractivity contribution in [1.29, 1.82) is 0 Å². The van der Waals surface area contributed by atoms with Crippen LogP contribution in [0.2, 0.25) is 0 Å². The van der Waals surface area contributed by atoms with Gasteiger partial charge in [0.25, 0.3) is 0 Å². The van der Waals surface area contributed by atoms with E-state index in [9.17, 15) is 14.4 Å². The number of benzene rings is 1. The van der Waals surface area contributed by atoms with E-state index in [2.05, 4.69) is 10.3 Å². The summed E-state index contributed by atoms with van der Waals surface area (Å²) in [7, 11) is 0. The molecule has 1 aromatic heterocycles. The Bertz CT molecular complexity index is 787. The van der Waals surface area contributed by atoms with Crippen LogP contribution in [0.15, 0.2) is 23.6 Å². The molecule has 0 radical (unpaired) electrons. The maximum absolute atomic E-state index is 12.5. The Morgan fingerprint density at radius 1 is 1.43 bits per heavy atom. The van der Waals surface area contributed by atoms with Crippen molar-refractivity contribution in [2.24, 2.45) is 5.73 Å². The van der Waals surface area contributed by atoms with Crippen LogP contribution in [0, 0.1) is 0 Å². The van der Waals surface area contributed by atoms with Crippen molar-refractivity contribution in [3.63, 3.8) is 0 Å². The van der Waals surface area contributed by atoms with Crippen LogP contribution in [-0.4, -0.2) is 29.8 Å². The van der Waals surface area contributed by atoms with Crippen molar-refractivity contribution in [3.8, 4) is 0 Å². The van der Waals surface area contributed by atoms with E-state index in [-0.39, 0.29) is 12.3 Å². The third-order valence-corrected chi connectivity index (χ3v) is 4.46.